The molecule has 0 unspecified atom stereocenters. The molecule has 0 saturated heterocycles. The van der Waals surface area contributed by atoms with Gasteiger partial charge in [-0.05, 0) is 42.0 Å². The third-order valence-electron chi connectivity index (χ3n) is 4.56. The summed E-state index contributed by atoms with van der Waals surface area (Å²) >= 11 is 0. The maximum absolute atomic E-state index is 13.3. The maximum Gasteiger partial charge on any atom is 0.229 e. The maximum atomic E-state index is 13.3. The Kier molecular flexibility index (Phi) is 4.05. The number of carbonyl (C=O) groups excluding carboxylic acids is 1. The summed E-state index contributed by atoms with van der Waals surface area (Å²) in [6, 6.07) is 19.0. The lowest BCUT2D eigenvalue weighted by Crippen LogP contribution is -2.16. The molecule has 0 aliphatic rings. The number of carbonyl (C=O) groups is 1. The van der Waals surface area contributed by atoms with E-state index >= 15 is 0 Å². The Balaban J connectivity index is 1.44. The summed E-state index contributed by atoms with van der Waals surface area (Å²) in [5.74, 6) is 0.347. The zero-order valence-corrected chi connectivity index (χ0v) is 15.2. The van der Waals surface area contributed by atoms with Crippen molar-refractivity contribution < 1.29 is 13.6 Å². The van der Waals surface area contributed by atoms with E-state index in [0.717, 1.165) is 11.0 Å². The van der Waals surface area contributed by atoms with E-state index in [1.54, 1.807) is 35.0 Å². The predicted molar refractivity (Wildman–Crippen MR) is 107 cm³/mol. The fraction of sp³-hybridized carbons (Fsp3) is 0.0455. The Morgan fingerprint density at radius 3 is 2.83 bits per heavy atom. The second-order valence-electron chi connectivity index (χ2n) is 6.64. The molecule has 5 aromatic rings. The van der Waals surface area contributed by atoms with Gasteiger partial charge in [0.15, 0.2) is 17.2 Å². The number of furan rings is 1. The van der Waals surface area contributed by atoms with Gasteiger partial charge in [0.2, 0.25) is 5.91 Å². The highest BCUT2D eigenvalue weighted by Gasteiger charge is 2.13. The number of amides is 1. The molecular weight excluding hydrogens is 371 g/mol. The number of halogens is 1. The van der Waals surface area contributed by atoms with Gasteiger partial charge in [-0.3, -0.25) is 4.79 Å². The molecule has 0 spiro atoms. The Hall–Kier alpha value is -4.00. The standard InChI is InChI=1S/C22H15FN4O2/c23-16-6-3-4-14(10-16)11-22(28)25-20-8-9-21-24-13-17(27(21)26-20)19-12-15-5-1-2-7-18(15)29-19/h1-10,12-13H,11H2,(H,25,26,28). The highest BCUT2D eigenvalue weighted by molar-refractivity contribution is 5.91. The lowest BCUT2D eigenvalue weighted by Gasteiger charge is -2.06. The molecule has 0 atom stereocenters. The summed E-state index contributed by atoms with van der Waals surface area (Å²) in [6.45, 7) is 0. The molecular formula is C22H15FN4O2. The van der Waals surface area contributed by atoms with Crippen LogP contribution in [0.15, 0.2) is 77.3 Å². The molecule has 142 valence electrons. The quantitative estimate of drug-likeness (QED) is 0.495. The van der Waals surface area contributed by atoms with Crippen molar-refractivity contribution >= 4 is 28.3 Å². The van der Waals surface area contributed by atoms with Crippen LogP contribution in [0.3, 0.4) is 0 Å². The smallest absolute Gasteiger partial charge is 0.229 e. The summed E-state index contributed by atoms with van der Waals surface area (Å²) in [6.07, 6.45) is 1.73. The van der Waals surface area contributed by atoms with Gasteiger partial charge in [-0.2, -0.15) is 0 Å². The summed E-state index contributed by atoms with van der Waals surface area (Å²) in [7, 11) is 0. The number of para-hydroxylation sites is 1. The first-order chi connectivity index (χ1) is 14.2. The van der Waals surface area contributed by atoms with Crippen LogP contribution in [0.2, 0.25) is 0 Å². The number of rotatable bonds is 4. The van der Waals surface area contributed by atoms with Gasteiger partial charge in [0.05, 0.1) is 12.6 Å². The number of imidazole rings is 1. The molecule has 0 aliphatic heterocycles. The minimum Gasteiger partial charge on any atom is -0.454 e. The Bertz CT molecular complexity index is 1320. The van der Waals surface area contributed by atoms with E-state index in [1.165, 1.54) is 12.1 Å². The fourth-order valence-corrected chi connectivity index (χ4v) is 3.24. The Morgan fingerprint density at radius 1 is 1.07 bits per heavy atom. The van der Waals surface area contributed by atoms with Crippen LogP contribution in [-0.4, -0.2) is 20.5 Å². The minimum atomic E-state index is -0.372. The van der Waals surface area contributed by atoms with Crippen molar-refractivity contribution in [2.45, 2.75) is 6.42 Å². The molecule has 5 rings (SSSR count). The van der Waals surface area contributed by atoms with Crippen LogP contribution in [0, 0.1) is 5.82 Å². The number of benzene rings is 2. The molecule has 0 fully saturated rings. The highest BCUT2D eigenvalue weighted by atomic mass is 19.1. The first kappa shape index (κ1) is 17.1. The van der Waals surface area contributed by atoms with E-state index < -0.39 is 0 Å². The molecule has 1 amide bonds. The fourth-order valence-electron chi connectivity index (χ4n) is 3.24. The van der Waals surface area contributed by atoms with Crippen LogP contribution in [0.5, 0.6) is 0 Å². The van der Waals surface area contributed by atoms with E-state index in [2.05, 4.69) is 15.4 Å². The van der Waals surface area contributed by atoms with Crippen LogP contribution >= 0.6 is 0 Å². The topological polar surface area (TPSA) is 72.4 Å². The Labute approximate surface area is 164 Å². The van der Waals surface area contributed by atoms with E-state index in [9.17, 15) is 9.18 Å². The van der Waals surface area contributed by atoms with Gasteiger partial charge in [-0.25, -0.2) is 13.9 Å². The number of nitrogens with zero attached hydrogens (tertiary/aromatic N) is 3. The molecule has 3 heterocycles. The average Bonchev–Trinajstić information content (AvgIpc) is 3.31. The summed E-state index contributed by atoms with van der Waals surface area (Å²) in [5, 5.41) is 8.20. The summed E-state index contributed by atoms with van der Waals surface area (Å²) in [5.41, 5.74) is 2.67. The zero-order valence-electron chi connectivity index (χ0n) is 15.2. The van der Waals surface area contributed by atoms with Gasteiger partial charge < -0.3 is 9.73 Å². The largest absolute Gasteiger partial charge is 0.454 e. The normalized spacial score (nSPS) is 11.2. The number of nitrogens with one attached hydrogen (secondary N) is 1. The van der Waals surface area contributed by atoms with Crippen molar-refractivity contribution in [3.05, 3.63) is 84.3 Å². The van der Waals surface area contributed by atoms with E-state index in [4.69, 9.17) is 4.42 Å². The predicted octanol–water partition coefficient (Wildman–Crippen LogP) is 4.46. The molecule has 1 N–H and O–H groups in total. The van der Waals surface area contributed by atoms with Gasteiger partial charge in [-0.15, -0.1) is 5.10 Å². The molecule has 0 saturated carbocycles. The molecule has 29 heavy (non-hydrogen) atoms. The SMILES string of the molecule is O=C(Cc1cccc(F)c1)Nc1ccc2ncc(-c3cc4ccccc4o3)n2n1. The number of aromatic nitrogens is 3. The third kappa shape index (κ3) is 3.34. The van der Waals surface area contributed by atoms with Crippen LogP contribution in [0.1, 0.15) is 5.56 Å². The van der Waals surface area contributed by atoms with E-state index in [0.29, 0.717) is 28.5 Å². The van der Waals surface area contributed by atoms with Crippen LogP contribution in [0.25, 0.3) is 28.1 Å². The Morgan fingerprint density at radius 2 is 1.97 bits per heavy atom. The molecule has 7 heteroatoms. The minimum absolute atomic E-state index is 0.0534. The van der Waals surface area contributed by atoms with Crippen molar-refractivity contribution in [1.82, 2.24) is 14.6 Å². The zero-order chi connectivity index (χ0) is 19.8. The van der Waals surface area contributed by atoms with E-state index in [-0.39, 0.29) is 18.1 Å². The summed E-state index contributed by atoms with van der Waals surface area (Å²) < 4.78 is 20.8. The van der Waals surface area contributed by atoms with Crippen LogP contribution in [-0.2, 0) is 11.2 Å². The lowest BCUT2D eigenvalue weighted by atomic mass is 10.1. The first-order valence-corrected chi connectivity index (χ1v) is 9.04. The van der Waals surface area contributed by atoms with Gasteiger partial charge in [0, 0.05) is 5.39 Å². The van der Waals surface area contributed by atoms with Crippen molar-refractivity contribution in [3.8, 4) is 11.5 Å². The van der Waals surface area contributed by atoms with Crippen molar-refractivity contribution in [1.29, 1.82) is 0 Å². The van der Waals surface area contributed by atoms with Gasteiger partial charge in [-0.1, -0.05) is 30.3 Å². The molecule has 2 aromatic carbocycles. The monoisotopic (exact) mass is 386 g/mol. The second-order valence-corrected chi connectivity index (χ2v) is 6.64. The molecule has 0 bridgehead atoms. The first-order valence-electron chi connectivity index (χ1n) is 9.04. The third-order valence-corrected chi connectivity index (χ3v) is 4.56. The second kappa shape index (κ2) is 6.87. The number of hydrogen-bond acceptors (Lipinski definition) is 4. The van der Waals surface area contributed by atoms with E-state index in [1.807, 2.05) is 30.3 Å². The van der Waals surface area contributed by atoms with Crippen LogP contribution in [0.4, 0.5) is 10.2 Å². The molecule has 0 radical (unpaired) electrons. The number of anilines is 1. The van der Waals surface area contributed by atoms with Crippen LogP contribution < -0.4 is 5.32 Å². The lowest BCUT2D eigenvalue weighted by molar-refractivity contribution is -0.115. The number of hydrogen-bond donors (Lipinski definition) is 1. The summed E-state index contributed by atoms with van der Waals surface area (Å²) in [4.78, 5) is 16.7. The van der Waals surface area contributed by atoms with Crippen molar-refractivity contribution in [3.63, 3.8) is 0 Å². The molecule has 6 nitrogen and oxygen atoms in total. The number of fused-ring (bicyclic) bond motifs is 2. The average molecular weight is 386 g/mol. The molecule has 0 aliphatic carbocycles. The van der Waals surface area contributed by atoms with Gasteiger partial charge in [0.1, 0.15) is 17.1 Å². The van der Waals surface area contributed by atoms with Crippen molar-refractivity contribution in [2.24, 2.45) is 0 Å². The highest BCUT2D eigenvalue weighted by Crippen LogP contribution is 2.28. The van der Waals surface area contributed by atoms with Gasteiger partial charge >= 0.3 is 0 Å². The molecule has 3 aromatic heterocycles. The van der Waals surface area contributed by atoms with Gasteiger partial charge in [0.25, 0.3) is 0 Å². The van der Waals surface area contributed by atoms with Crippen molar-refractivity contribution in [2.75, 3.05) is 5.32 Å².